The van der Waals surface area contributed by atoms with Crippen molar-refractivity contribution in [2.45, 2.75) is 38.3 Å². The van der Waals surface area contributed by atoms with Crippen LogP contribution in [0.4, 0.5) is 0 Å². The van der Waals surface area contributed by atoms with Crippen molar-refractivity contribution < 1.29 is 9.53 Å². The lowest BCUT2D eigenvalue weighted by atomic mass is 9.86. The molecule has 1 fully saturated rings. The van der Waals surface area contributed by atoms with E-state index in [1.165, 1.54) is 0 Å². The molecule has 1 amide bonds. The first-order chi connectivity index (χ1) is 9.61. The molecule has 3 N–H and O–H groups in total. The van der Waals surface area contributed by atoms with Crippen LogP contribution in [0.2, 0.25) is 5.02 Å². The average molecular weight is 297 g/mol. The van der Waals surface area contributed by atoms with E-state index in [1.54, 1.807) is 13.2 Å². The summed E-state index contributed by atoms with van der Waals surface area (Å²) in [5.74, 6) is 0.852. The zero-order valence-electron chi connectivity index (χ0n) is 11.7. The third kappa shape index (κ3) is 3.64. The van der Waals surface area contributed by atoms with Crippen molar-refractivity contribution in [3.8, 4) is 5.75 Å². The lowest BCUT2D eigenvalue weighted by Crippen LogP contribution is -2.36. The maximum Gasteiger partial charge on any atom is 0.223 e. The van der Waals surface area contributed by atoms with Gasteiger partial charge in [-0.05, 0) is 37.8 Å². The second kappa shape index (κ2) is 6.95. The van der Waals surface area contributed by atoms with Gasteiger partial charge >= 0.3 is 0 Å². The first-order valence-electron chi connectivity index (χ1n) is 6.96. The zero-order valence-corrected chi connectivity index (χ0v) is 12.5. The topological polar surface area (TPSA) is 64.3 Å². The molecule has 0 bridgehead atoms. The summed E-state index contributed by atoms with van der Waals surface area (Å²) < 4.78 is 5.27. The van der Waals surface area contributed by atoms with Gasteiger partial charge in [0.25, 0.3) is 0 Å². The van der Waals surface area contributed by atoms with Crippen molar-refractivity contribution in [2.24, 2.45) is 11.7 Å². The molecule has 2 rings (SSSR count). The highest BCUT2D eigenvalue weighted by molar-refractivity contribution is 6.31. The van der Waals surface area contributed by atoms with E-state index in [-0.39, 0.29) is 17.9 Å². The van der Waals surface area contributed by atoms with Gasteiger partial charge in [-0.2, -0.15) is 0 Å². The molecule has 0 radical (unpaired) electrons. The summed E-state index contributed by atoms with van der Waals surface area (Å²) >= 11 is 6.15. The lowest BCUT2D eigenvalue weighted by Gasteiger charge is -2.25. The number of methoxy groups -OCH3 is 1. The maximum atomic E-state index is 12.2. The number of rotatable bonds is 4. The first kappa shape index (κ1) is 15.1. The molecule has 0 heterocycles. The van der Waals surface area contributed by atoms with E-state index in [1.807, 2.05) is 12.1 Å². The molecule has 0 saturated heterocycles. The molecule has 1 saturated carbocycles. The molecular formula is C15H21ClN2O2. The van der Waals surface area contributed by atoms with Crippen LogP contribution in [0.5, 0.6) is 5.75 Å². The molecule has 0 spiro atoms. The number of carbonyl (C=O) groups is 1. The summed E-state index contributed by atoms with van der Waals surface area (Å²) in [7, 11) is 1.60. The summed E-state index contributed by atoms with van der Waals surface area (Å²) in [6.45, 7) is 0.393. The minimum Gasteiger partial charge on any atom is -0.496 e. The summed E-state index contributed by atoms with van der Waals surface area (Å²) in [6, 6.07) is 5.72. The Morgan fingerprint density at radius 1 is 1.40 bits per heavy atom. The van der Waals surface area contributed by atoms with Crippen LogP contribution < -0.4 is 15.8 Å². The molecule has 0 aliphatic heterocycles. The molecule has 0 aromatic heterocycles. The summed E-state index contributed by atoms with van der Waals surface area (Å²) in [6.07, 6.45) is 3.58. The molecule has 5 heteroatoms. The van der Waals surface area contributed by atoms with Crippen molar-refractivity contribution in [1.82, 2.24) is 5.32 Å². The predicted octanol–water partition coefficient (Wildman–Crippen LogP) is 2.48. The van der Waals surface area contributed by atoms with Gasteiger partial charge in [-0.1, -0.05) is 17.7 Å². The molecular weight excluding hydrogens is 276 g/mol. The number of nitrogens with one attached hydrogen (secondary N) is 1. The molecule has 1 aliphatic carbocycles. The number of hydrogen-bond acceptors (Lipinski definition) is 3. The normalized spacial score (nSPS) is 22.4. The van der Waals surface area contributed by atoms with Crippen LogP contribution >= 0.6 is 11.6 Å². The Morgan fingerprint density at radius 3 is 2.75 bits per heavy atom. The number of nitrogens with two attached hydrogens (primary N) is 1. The minimum atomic E-state index is 0.0725. The molecule has 0 atom stereocenters. The fraction of sp³-hybridized carbons (Fsp3) is 0.533. The Labute approximate surface area is 124 Å². The fourth-order valence-corrected chi connectivity index (χ4v) is 2.84. The van der Waals surface area contributed by atoms with Crippen molar-refractivity contribution in [3.05, 3.63) is 28.8 Å². The van der Waals surface area contributed by atoms with Crippen molar-refractivity contribution in [2.75, 3.05) is 7.11 Å². The number of ether oxygens (including phenoxy) is 1. The van der Waals surface area contributed by atoms with E-state index in [4.69, 9.17) is 22.1 Å². The van der Waals surface area contributed by atoms with E-state index < -0.39 is 0 Å². The third-order valence-corrected chi connectivity index (χ3v) is 4.23. The van der Waals surface area contributed by atoms with E-state index >= 15 is 0 Å². The summed E-state index contributed by atoms with van der Waals surface area (Å²) in [4.78, 5) is 12.2. The van der Waals surface area contributed by atoms with Crippen LogP contribution in [-0.2, 0) is 11.3 Å². The van der Waals surface area contributed by atoms with E-state index in [0.717, 1.165) is 31.2 Å². The van der Waals surface area contributed by atoms with Crippen LogP contribution in [0.1, 0.15) is 31.2 Å². The van der Waals surface area contributed by atoms with Crippen LogP contribution in [-0.4, -0.2) is 19.1 Å². The van der Waals surface area contributed by atoms with Gasteiger partial charge in [-0.25, -0.2) is 0 Å². The highest BCUT2D eigenvalue weighted by atomic mass is 35.5. The number of amides is 1. The lowest BCUT2D eigenvalue weighted by molar-refractivity contribution is -0.126. The molecule has 1 aromatic rings. The first-order valence-corrected chi connectivity index (χ1v) is 7.34. The summed E-state index contributed by atoms with van der Waals surface area (Å²) in [5.41, 5.74) is 6.67. The highest BCUT2D eigenvalue weighted by Crippen LogP contribution is 2.27. The van der Waals surface area contributed by atoms with Gasteiger partial charge in [0.2, 0.25) is 5.91 Å². The van der Waals surface area contributed by atoms with Crippen LogP contribution in [0.15, 0.2) is 18.2 Å². The van der Waals surface area contributed by atoms with Gasteiger partial charge in [-0.15, -0.1) is 0 Å². The largest absolute Gasteiger partial charge is 0.496 e. The standard InChI is InChI=1S/C15H21ClN2O2/c1-20-14-4-2-3-13(16)12(14)9-18-15(19)10-5-7-11(17)8-6-10/h2-4,10-11H,5-9,17H2,1H3,(H,18,19). The SMILES string of the molecule is COc1cccc(Cl)c1CNC(=O)C1CCC(N)CC1. The third-order valence-electron chi connectivity index (χ3n) is 3.88. The number of halogens is 1. The van der Waals surface area contributed by atoms with Crippen LogP contribution in [0.3, 0.4) is 0 Å². The molecule has 4 nitrogen and oxygen atoms in total. The Kier molecular flexibility index (Phi) is 5.26. The molecule has 1 aromatic carbocycles. The minimum absolute atomic E-state index is 0.0725. The molecule has 110 valence electrons. The van der Waals surface area contributed by atoms with Gasteiger partial charge in [0.1, 0.15) is 5.75 Å². The Morgan fingerprint density at radius 2 is 2.10 bits per heavy atom. The number of hydrogen-bond donors (Lipinski definition) is 2. The summed E-state index contributed by atoms with van der Waals surface area (Å²) in [5, 5.41) is 3.56. The molecule has 1 aliphatic rings. The average Bonchev–Trinajstić information content (AvgIpc) is 2.46. The Bertz CT molecular complexity index is 471. The van der Waals surface area contributed by atoms with E-state index in [9.17, 15) is 4.79 Å². The zero-order chi connectivity index (χ0) is 14.5. The van der Waals surface area contributed by atoms with Crippen LogP contribution in [0, 0.1) is 5.92 Å². The highest BCUT2D eigenvalue weighted by Gasteiger charge is 2.24. The fourth-order valence-electron chi connectivity index (χ4n) is 2.60. The van der Waals surface area contributed by atoms with E-state index in [2.05, 4.69) is 5.32 Å². The van der Waals surface area contributed by atoms with Gasteiger partial charge in [0.05, 0.1) is 7.11 Å². The quantitative estimate of drug-likeness (QED) is 0.897. The molecule has 0 unspecified atom stereocenters. The van der Waals surface area contributed by atoms with Crippen molar-refractivity contribution >= 4 is 17.5 Å². The van der Waals surface area contributed by atoms with Crippen LogP contribution in [0.25, 0.3) is 0 Å². The second-order valence-electron chi connectivity index (χ2n) is 5.25. The van der Waals surface area contributed by atoms with Crippen molar-refractivity contribution in [3.63, 3.8) is 0 Å². The second-order valence-corrected chi connectivity index (χ2v) is 5.66. The number of benzene rings is 1. The Balaban J connectivity index is 1.93. The molecule has 20 heavy (non-hydrogen) atoms. The van der Waals surface area contributed by atoms with Gasteiger partial charge in [0.15, 0.2) is 0 Å². The van der Waals surface area contributed by atoms with Gasteiger partial charge < -0.3 is 15.8 Å². The Hall–Kier alpha value is -1.26. The predicted molar refractivity (Wildman–Crippen MR) is 79.8 cm³/mol. The van der Waals surface area contributed by atoms with Gasteiger partial charge in [-0.3, -0.25) is 4.79 Å². The number of carbonyl (C=O) groups excluding carboxylic acids is 1. The smallest absolute Gasteiger partial charge is 0.223 e. The van der Waals surface area contributed by atoms with Crippen molar-refractivity contribution in [1.29, 1.82) is 0 Å². The van der Waals surface area contributed by atoms with Gasteiger partial charge in [0, 0.05) is 29.1 Å². The maximum absolute atomic E-state index is 12.2. The van der Waals surface area contributed by atoms with E-state index in [0.29, 0.717) is 17.3 Å². The monoisotopic (exact) mass is 296 g/mol.